The third-order valence-corrected chi connectivity index (χ3v) is 2.28. The lowest BCUT2D eigenvalue weighted by Gasteiger charge is -2.22. The van der Waals surface area contributed by atoms with Gasteiger partial charge >= 0.3 is 0 Å². The minimum Gasteiger partial charge on any atom is -0.379 e. The lowest BCUT2D eigenvalue weighted by molar-refractivity contribution is -0.130. The van der Waals surface area contributed by atoms with Crippen molar-refractivity contribution in [2.24, 2.45) is 11.5 Å². The van der Waals surface area contributed by atoms with Crippen molar-refractivity contribution in [1.82, 2.24) is 5.32 Å². The zero-order valence-electron chi connectivity index (χ0n) is 8.08. The summed E-state index contributed by atoms with van der Waals surface area (Å²) in [6.45, 7) is 2.17. The molecule has 0 aliphatic carbocycles. The highest BCUT2D eigenvalue weighted by atomic mass is 16.5. The van der Waals surface area contributed by atoms with Gasteiger partial charge in [-0.3, -0.25) is 9.59 Å². The number of carbonyl (C=O) groups is 2. The van der Waals surface area contributed by atoms with Crippen LogP contribution >= 0.6 is 0 Å². The number of hydrogen-bond donors (Lipinski definition) is 3. The first-order chi connectivity index (χ1) is 6.46. The summed E-state index contributed by atoms with van der Waals surface area (Å²) in [7, 11) is 0. The van der Waals surface area contributed by atoms with Crippen molar-refractivity contribution >= 4 is 11.8 Å². The van der Waals surface area contributed by atoms with Crippen LogP contribution in [-0.2, 0) is 14.3 Å². The molecular formula is C8H15N3O3. The molecule has 1 aliphatic rings. The first-order valence-electron chi connectivity index (χ1n) is 4.42. The van der Waals surface area contributed by atoms with Gasteiger partial charge in [-0.05, 0) is 13.3 Å². The average molecular weight is 201 g/mol. The van der Waals surface area contributed by atoms with Crippen LogP contribution in [-0.4, -0.2) is 36.6 Å². The predicted octanol–water partition coefficient (Wildman–Crippen LogP) is -1.91. The molecule has 0 aromatic rings. The molecule has 1 heterocycles. The maximum Gasteiger partial charge on any atom is 0.243 e. The van der Waals surface area contributed by atoms with Crippen LogP contribution in [0.25, 0.3) is 0 Å². The zero-order valence-corrected chi connectivity index (χ0v) is 8.08. The van der Waals surface area contributed by atoms with Crippen molar-refractivity contribution in [3.8, 4) is 0 Å². The molecule has 2 amide bonds. The Morgan fingerprint density at radius 2 is 2.21 bits per heavy atom. The van der Waals surface area contributed by atoms with Gasteiger partial charge in [0.25, 0.3) is 0 Å². The molecule has 0 saturated carbocycles. The smallest absolute Gasteiger partial charge is 0.243 e. The Labute approximate surface area is 82.0 Å². The number of nitrogens with one attached hydrogen (secondary N) is 1. The van der Waals surface area contributed by atoms with Crippen LogP contribution in [0.5, 0.6) is 0 Å². The number of rotatable bonds is 3. The summed E-state index contributed by atoms with van der Waals surface area (Å²) in [5.41, 5.74) is 9.75. The van der Waals surface area contributed by atoms with Crippen molar-refractivity contribution in [2.75, 3.05) is 13.2 Å². The highest BCUT2D eigenvalue weighted by Crippen LogP contribution is 2.15. The Bertz CT molecular complexity index is 248. The summed E-state index contributed by atoms with van der Waals surface area (Å²) in [5.74, 6) is -0.970. The van der Waals surface area contributed by atoms with Crippen LogP contribution in [0.3, 0.4) is 0 Å². The summed E-state index contributed by atoms with van der Waals surface area (Å²) in [6.07, 6.45) is 0.463. The van der Waals surface area contributed by atoms with E-state index >= 15 is 0 Å². The average Bonchev–Trinajstić information content (AvgIpc) is 2.53. The highest BCUT2D eigenvalue weighted by molar-refractivity contribution is 5.91. The van der Waals surface area contributed by atoms with Crippen LogP contribution in [0.1, 0.15) is 13.3 Å². The number of amides is 2. The molecule has 5 N–H and O–H groups in total. The second-order valence-corrected chi connectivity index (χ2v) is 3.56. The summed E-state index contributed by atoms with van der Waals surface area (Å²) in [6, 6.07) is -0.705. The minimum atomic E-state index is -1.01. The maximum absolute atomic E-state index is 11.6. The van der Waals surface area contributed by atoms with Crippen molar-refractivity contribution in [3.05, 3.63) is 0 Å². The number of nitrogens with two attached hydrogens (primary N) is 2. The lowest BCUT2D eigenvalue weighted by atomic mass is 9.99. The molecule has 14 heavy (non-hydrogen) atoms. The SMILES string of the molecule is CC(NC(=O)C1(N)CCOC1)C(N)=O. The van der Waals surface area contributed by atoms with E-state index in [1.165, 1.54) is 6.92 Å². The molecule has 6 nitrogen and oxygen atoms in total. The van der Waals surface area contributed by atoms with Gasteiger partial charge in [-0.1, -0.05) is 0 Å². The van der Waals surface area contributed by atoms with Crippen LogP contribution in [0.4, 0.5) is 0 Å². The van der Waals surface area contributed by atoms with Crippen LogP contribution in [0.15, 0.2) is 0 Å². The number of hydrogen-bond acceptors (Lipinski definition) is 4. The third-order valence-electron chi connectivity index (χ3n) is 2.28. The molecule has 1 saturated heterocycles. The van der Waals surface area contributed by atoms with Crippen molar-refractivity contribution in [2.45, 2.75) is 24.9 Å². The standard InChI is InChI=1S/C8H15N3O3/c1-5(6(9)12)11-7(13)8(10)2-3-14-4-8/h5H,2-4,10H2,1H3,(H2,9,12)(H,11,13). The molecule has 6 heteroatoms. The largest absolute Gasteiger partial charge is 0.379 e. The second-order valence-electron chi connectivity index (χ2n) is 3.56. The van der Waals surface area contributed by atoms with Gasteiger partial charge in [0.05, 0.1) is 6.61 Å². The van der Waals surface area contributed by atoms with Gasteiger partial charge in [0.15, 0.2) is 0 Å². The highest BCUT2D eigenvalue weighted by Gasteiger charge is 2.39. The molecule has 2 atom stereocenters. The third kappa shape index (κ3) is 2.21. The maximum atomic E-state index is 11.6. The first kappa shape index (κ1) is 10.9. The molecule has 80 valence electrons. The van der Waals surface area contributed by atoms with E-state index in [1.807, 2.05) is 0 Å². The molecule has 0 spiro atoms. The van der Waals surface area contributed by atoms with Crippen LogP contribution < -0.4 is 16.8 Å². The Balaban J connectivity index is 2.53. The van der Waals surface area contributed by atoms with E-state index in [9.17, 15) is 9.59 Å². The van der Waals surface area contributed by atoms with Crippen molar-refractivity contribution < 1.29 is 14.3 Å². The molecular weight excluding hydrogens is 186 g/mol. The van der Waals surface area contributed by atoms with Crippen LogP contribution in [0, 0.1) is 0 Å². The van der Waals surface area contributed by atoms with Crippen LogP contribution in [0.2, 0.25) is 0 Å². The Morgan fingerprint density at radius 3 is 2.64 bits per heavy atom. The van der Waals surface area contributed by atoms with Crippen molar-refractivity contribution in [3.63, 3.8) is 0 Å². The Morgan fingerprint density at radius 1 is 1.57 bits per heavy atom. The van der Waals surface area contributed by atoms with Gasteiger partial charge in [-0.2, -0.15) is 0 Å². The van der Waals surface area contributed by atoms with E-state index in [2.05, 4.69) is 5.32 Å². The molecule has 1 aliphatic heterocycles. The predicted molar refractivity (Wildman–Crippen MR) is 49.2 cm³/mol. The van der Waals surface area contributed by atoms with Gasteiger partial charge in [-0.15, -0.1) is 0 Å². The molecule has 0 aromatic heterocycles. The zero-order chi connectivity index (χ0) is 10.8. The number of primary amides is 1. The van der Waals surface area contributed by atoms with E-state index in [0.717, 1.165) is 0 Å². The van der Waals surface area contributed by atoms with E-state index in [-0.39, 0.29) is 12.5 Å². The molecule has 0 aromatic carbocycles. The lowest BCUT2D eigenvalue weighted by Crippen LogP contribution is -2.58. The van der Waals surface area contributed by atoms with Gasteiger partial charge in [0.2, 0.25) is 11.8 Å². The topological polar surface area (TPSA) is 107 Å². The molecule has 0 radical (unpaired) electrons. The molecule has 1 fully saturated rings. The Kier molecular flexibility index (Phi) is 3.07. The summed E-state index contributed by atoms with van der Waals surface area (Å²) < 4.78 is 5.02. The van der Waals surface area contributed by atoms with Gasteiger partial charge < -0.3 is 21.5 Å². The van der Waals surface area contributed by atoms with Gasteiger partial charge in [0.1, 0.15) is 11.6 Å². The fourth-order valence-electron chi connectivity index (χ4n) is 1.17. The van der Waals surface area contributed by atoms with Crippen molar-refractivity contribution in [1.29, 1.82) is 0 Å². The normalized spacial score (nSPS) is 28.4. The fraction of sp³-hybridized carbons (Fsp3) is 0.750. The van der Waals surface area contributed by atoms with E-state index in [1.54, 1.807) is 0 Å². The van der Waals surface area contributed by atoms with Gasteiger partial charge in [-0.25, -0.2) is 0 Å². The monoisotopic (exact) mass is 201 g/mol. The second kappa shape index (κ2) is 3.93. The number of carbonyl (C=O) groups excluding carboxylic acids is 2. The van der Waals surface area contributed by atoms with E-state index in [4.69, 9.17) is 16.2 Å². The first-order valence-corrected chi connectivity index (χ1v) is 4.42. The summed E-state index contributed by atoms with van der Waals surface area (Å²) >= 11 is 0. The molecule has 1 rings (SSSR count). The molecule has 0 bridgehead atoms. The van der Waals surface area contributed by atoms with E-state index in [0.29, 0.717) is 13.0 Å². The summed E-state index contributed by atoms with van der Waals surface area (Å²) in [5, 5.41) is 2.44. The fourth-order valence-corrected chi connectivity index (χ4v) is 1.17. The van der Waals surface area contributed by atoms with Gasteiger partial charge in [0, 0.05) is 6.61 Å². The Hall–Kier alpha value is -1.14. The van der Waals surface area contributed by atoms with E-state index < -0.39 is 17.5 Å². The molecule has 2 unspecified atom stereocenters. The summed E-state index contributed by atoms with van der Waals surface area (Å²) in [4.78, 5) is 22.2. The minimum absolute atomic E-state index is 0.185. The quantitative estimate of drug-likeness (QED) is 0.495. The number of ether oxygens (including phenoxy) is 1.